The number of hydrogen-bond acceptors (Lipinski definition) is 3. The van der Waals surface area contributed by atoms with Crippen LogP contribution in [0.5, 0.6) is 0 Å². The fourth-order valence-electron chi connectivity index (χ4n) is 2.32. The zero-order valence-corrected chi connectivity index (χ0v) is 11.3. The maximum Gasteiger partial charge on any atom is 0.0611 e. The number of likely N-dealkylation sites (N-methyl/N-ethyl adjacent to an activating group) is 1. The fraction of sp³-hybridized carbons (Fsp3) is 1.00. The normalized spacial score (nSPS) is 22.9. The van der Waals surface area contributed by atoms with Crippen LogP contribution in [0.1, 0.15) is 39.5 Å². The summed E-state index contributed by atoms with van der Waals surface area (Å²) in [5, 5.41) is 12.6. The van der Waals surface area contributed by atoms with Crippen molar-refractivity contribution in [2.24, 2.45) is 5.92 Å². The van der Waals surface area contributed by atoms with Gasteiger partial charge in [0.25, 0.3) is 0 Å². The first kappa shape index (κ1) is 13.9. The van der Waals surface area contributed by atoms with E-state index in [0.717, 1.165) is 12.3 Å². The molecule has 1 saturated carbocycles. The van der Waals surface area contributed by atoms with Gasteiger partial charge in [-0.15, -0.1) is 0 Å². The lowest BCUT2D eigenvalue weighted by Gasteiger charge is -2.37. The minimum absolute atomic E-state index is 0.146. The second-order valence-corrected chi connectivity index (χ2v) is 5.76. The van der Waals surface area contributed by atoms with Gasteiger partial charge >= 0.3 is 0 Å². The summed E-state index contributed by atoms with van der Waals surface area (Å²) in [6.07, 6.45) is 5.21. The largest absolute Gasteiger partial charge is 0.394 e. The van der Waals surface area contributed by atoms with Gasteiger partial charge in [0.05, 0.1) is 6.61 Å². The number of nitrogens with one attached hydrogen (secondary N) is 1. The molecule has 0 spiro atoms. The maximum absolute atomic E-state index is 9.37. The molecule has 0 bridgehead atoms. The SMILES string of the molecule is CNC(C)(CO)CC(C)N(C)CC1CCC1. The van der Waals surface area contributed by atoms with E-state index < -0.39 is 0 Å². The second-order valence-electron chi connectivity index (χ2n) is 5.76. The zero-order valence-electron chi connectivity index (χ0n) is 11.3. The van der Waals surface area contributed by atoms with Crippen molar-refractivity contribution < 1.29 is 5.11 Å². The van der Waals surface area contributed by atoms with Crippen molar-refractivity contribution in [2.45, 2.75) is 51.1 Å². The molecule has 0 aromatic rings. The maximum atomic E-state index is 9.37. The van der Waals surface area contributed by atoms with Crippen molar-refractivity contribution in [3.8, 4) is 0 Å². The van der Waals surface area contributed by atoms with Crippen LogP contribution < -0.4 is 5.32 Å². The Balaban J connectivity index is 2.34. The number of aliphatic hydroxyl groups is 1. The molecule has 0 aromatic heterocycles. The fourth-order valence-corrected chi connectivity index (χ4v) is 2.32. The number of hydrogen-bond donors (Lipinski definition) is 2. The molecule has 0 aromatic carbocycles. The van der Waals surface area contributed by atoms with Crippen molar-refractivity contribution in [2.75, 3.05) is 27.2 Å². The molecule has 2 atom stereocenters. The average molecular weight is 228 g/mol. The summed E-state index contributed by atoms with van der Waals surface area (Å²) in [7, 11) is 4.13. The van der Waals surface area contributed by atoms with E-state index in [1.807, 2.05) is 7.05 Å². The Morgan fingerprint density at radius 2 is 2.12 bits per heavy atom. The van der Waals surface area contributed by atoms with Gasteiger partial charge in [0.15, 0.2) is 0 Å². The number of rotatable bonds is 7. The highest BCUT2D eigenvalue weighted by molar-refractivity contribution is 4.86. The molecule has 96 valence electrons. The van der Waals surface area contributed by atoms with Gasteiger partial charge < -0.3 is 15.3 Å². The quantitative estimate of drug-likeness (QED) is 0.692. The van der Waals surface area contributed by atoms with E-state index in [4.69, 9.17) is 0 Å². The van der Waals surface area contributed by atoms with Crippen molar-refractivity contribution >= 4 is 0 Å². The Kier molecular flexibility index (Phi) is 5.22. The number of nitrogens with zero attached hydrogens (tertiary/aromatic N) is 1. The molecule has 0 radical (unpaired) electrons. The molecule has 0 saturated heterocycles. The predicted molar refractivity (Wildman–Crippen MR) is 68.6 cm³/mol. The minimum atomic E-state index is -0.146. The van der Waals surface area contributed by atoms with Gasteiger partial charge in [-0.25, -0.2) is 0 Å². The van der Waals surface area contributed by atoms with Crippen molar-refractivity contribution in [3.05, 3.63) is 0 Å². The molecule has 1 aliphatic carbocycles. The summed E-state index contributed by atoms with van der Waals surface area (Å²) in [6.45, 7) is 5.75. The van der Waals surface area contributed by atoms with E-state index in [9.17, 15) is 5.11 Å². The highest BCUT2D eigenvalue weighted by Gasteiger charge is 2.27. The van der Waals surface area contributed by atoms with Gasteiger partial charge in [0.1, 0.15) is 0 Å². The Labute approximate surface area is 100 Å². The van der Waals surface area contributed by atoms with Crippen LogP contribution in [0.25, 0.3) is 0 Å². The third-order valence-electron chi connectivity index (χ3n) is 4.22. The van der Waals surface area contributed by atoms with Crippen molar-refractivity contribution in [3.63, 3.8) is 0 Å². The topological polar surface area (TPSA) is 35.5 Å². The Hall–Kier alpha value is -0.120. The lowest BCUT2D eigenvalue weighted by Crippen LogP contribution is -2.49. The summed E-state index contributed by atoms with van der Waals surface area (Å²) >= 11 is 0. The summed E-state index contributed by atoms with van der Waals surface area (Å²) in [5.41, 5.74) is -0.146. The molecular weight excluding hydrogens is 200 g/mol. The van der Waals surface area contributed by atoms with Gasteiger partial charge in [0, 0.05) is 18.1 Å². The molecular formula is C13H28N2O. The smallest absolute Gasteiger partial charge is 0.0611 e. The van der Waals surface area contributed by atoms with Gasteiger partial charge in [-0.3, -0.25) is 0 Å². The Bertz CT molecular complexity index is 200. The summed E-state index contributed by atoms with van der Waals surface area (Å²) in [5.74, 6) is 0.919. The number of aliphatic hydroxyl groups excluding tert-OH is 1. The first-order valence-electron chi connectivity index (χ1n) is 6.51. The van der Waals surface area contributed by atoms with Crippen LogP contribution in [0.4, 0.5) is 0 Å². The first-order chi connectivity index (χ1) is 7.50. The van der Waals surface area contributed by atoms with Crippen LogP contribution in [0, 0.1) is 5.92 Å². The summed E-state index contributed by atoms with van der Waals surface area (Å²) < 4.78 is 0. The van der Waals surface area contributed by atoms with E-state index in [1.165, 1.54) is 25.8 Å². The lowest BCUT2D eigenvalue weighted by molar-refractivity contribution is 0.112. The molecule has 1 rings (SSSR count). The highest BCUT2D eigenvalue weighted by atomic mass is 16.3. The standard InChI is InChI=1S/C13H28N2O/c1-11(8-13(2,10-16)14-3)15(4)9-12-6-5-7-12/h11-12,14,16H,5-10H2,1-4H3. The molecule has 0 aliphatic heterocycles. The summed E-state index contributed by atoms with van der Waals surface area (Å²) in [6, 6.07) is 0.519. The van der Waals surface area contributed by atoms with Gasteiger partial charge in [-0.1, -0.05) is 6.42 Å². The molecule has 0 amide bonds. The van der Waals surface area contributed by atoms with Crippen LogP contribution in [-0.2, 0) is 0 Å². The van der Waals surface area contributed by atoms with Crippen molar-refractivity contribution in [1.82, 2.24) is 10.2 Å². The Morgan fingerprint density at radius 1 is 1.50 bits per heavy atom. The van der Waals surface area contributed by atoms with E-state index in [2.05, 4.69) is 31.1 Å². The van der Waals surface area contributed by atoms with E-state index in [1.54, 1.807) is 0 Å². The van der Waals surface area contributed by atoms with Crippen molar-refractivity contribution in [1.29, 1.82) is 0 Å². The molecule has 2 unspecified atom stereocenters. The van der Waals surface area contributed by atoms with E-state index in [0.29, 0.717) is 6.04 Å². The first-order valence-corrected chi connectivity index (χ1v) is 6.51. The minimum Gasteiger partial charge on any atom is -0.394 e. The zero-order chi connectivity index (χ0) is 12.2. The van der Waals surface area contributed by atoms with Crippen LogP contribution in [0.3, 0.4) is 0 Å². The molecule has 1 aliphatic rings. The van der Waals surface area contributed by atoms with Crippen LogP contribution in [0.15, 0.2) is 0 Å². The van der Waals surface area contributed by atoms with Gasteiger partial charge in [-0.2, -0.15) is 0 Å². The van der Waals surface area contributed by atoms with E-state index >= 15 is 0 Å². The van der Waals surface area contributed by atoms with Crippen LogP contribution in [0.2, 0.25) is 0 Å². The molecule has 0 heterocycles. The molecule has 3 nitrogen and oxygen atoms in total. The van der Waals surface area contributed by atoms with Gasteiger partial charge in [-0.05, 0) is 53.1 Å². The van der Waals surface area contributed by atoms with E-state index in [-0.39, 0.29) is 12.1 Å². The lowest BCUT2D eigenvalue weighted by atomic mass is 9.84. The van der Waals surface area contributed by atoms with Gasteiger partial charge in [0.2, 0.25) is 0 Å². The summed E-state index contributed by atoms with van der Waals surface area (Å²) in [4.78, 5) is 2.44. The third kappa shape index (κ3) is 3.72. The molecule has 3 heteroatoms. The molecule has 16 heavy (non-hydrogen) atoms. The Morgan fingerprint density at radius 3 is 2.50 bits per heavy atom. The monoisotopic (exact) mass is 228 g/mol. The predicted octanol–water partition coefficient (Wildman–Crippen LogP) is 1.47. The highest BCUT2D eigenvalue weighted by Crippen LogP contribution is 2.28. The molecule has 1 fully saturated rings. The van der Waals surface area contributed by atoms with Crippen LogP contribution >= 0.6 is 0 Å². The average Bonchev–Trinajstić information content (AvgIpc) is 2.22. The molecule has 2 N–H and O–H groups in total. The second kappa shape index (κ2) is 5.99. The van der Waals surface area contributed by atoms with Crippen LogP contribution in [-0.4, -0.2) is 48.8 Å². The third-order valence-corrected chi connectivity index (χ3v) is 4.22.